The molecule has 0 spiro atoms. The minimum atomic E-state index is 0.0949. The molecule has 2 fully saturated rings. The van der Waals surface area contributed by atoms with Gasteiger partial charge >= 0.3 is 0 Å². The lowest BCUT2D eigenvalue weighted by atomic mass is 9.75. The van der Waals surface area contributed by atoms with Crippen LogP contribution in [0.3, 0.4) is 0 Å². The second-order valence-corrected chi connectivity index (χ2v) is 8.43. The fourth-order valence-corrected chi connectivity index (χ4v) is 4.37. The summed E-state index contributed by atoms with van der Waals surface area (Å²) in [6, 6.07) is 0.0949. The van der Waals surface area contributed by atoms with Crippen molar-refractivity contribution < 1.29 is 9.47 Å². The van der Waals surface area contributed by atoms with Crippen molar-refractivity contribution in [3.63, 3.8) is 0 Å². The number of ether oxygens (including phenoxy) is 2. The second-order valence-electron chi connectivity index (χ2n) is 8.43. The average molecular weight is 327 g/mol. The van der Waals surface area contributed by atoms with E-state index in [9.17, 15) is 0 Å². The van der Waals surface area contributed by atoms with Gasteiger partial charge in [-0.1, -0.05) is 27.2 Å². The van der Waals surface area contributed by atoms with Crippen molar-refractivity contribution in [3.8, 4) is 0 Å². The van der Waals surface area contributed by atoms with Crippen LogP contribution in [0.2, 0.25) is 0 Å². The Labute approximate surface area is 143 Å². The molecule has 2 N–H and O–H groups in total. The first-order chi connectivity index (χ1) is 10.8. The van der Waals surface area contributed by atoms with Crippen LogP contribution in [0.5, 0.6) is 0 Å². The molecule has 136 valence electrons. The summed E-state index contributed by atoms with van der Waals surface area (Å²) in [5.74, 6) is 2.18. The van der Waals surface area contributed by atoms with Crippen molar-refractivity contribution in [3.05, 3.63) is 0 Å². The van der Waals surface area contributed by atoms with E-state index in [1.807, 2.05) is 0 Å². The van der Waals surface area contributed by atoms with E-state index in [-0.39, 0.29) is 6.04 Å². The quantitative estimate of drug-likeness (QED) is 0.815. The van der Waals surface area contributed by atoms with Gasteiger partial charge in [-0.3, -0.25) is 4.90 Å². The molecule has 6 unspecified atom stereocenters. The SMILES string of the molecule is CC1CCC(C(C)C)C(OCC(N)CN2CC(C)OC(C)C2)C1. The van der Waals surface area contributed by atoms with Gasteiger partial charge in [-0.2, -0.15) is 0 Å². The van der Waals surface area contributed by atoms with Crippen molar-refractivity contribution in [2.24, 2.45) is 23.5 Å². The van der Waals surface area contributed by atoms with Gasteiger partial charge in [0, 0.05) is 25.7 Å². The van der Waals surface area contributed by atoms with Gasteiger partial charge in [-0.25, -0.2) is 0 Å². The van der Waals surface area contributed by atoms with Crippen LogP contribution in [0.25, 0.3) is 0 Å². The molecule has 2 aliphatic rings. The van der Waals surface area contributed by atoms with Crippen LogP contribution >= 0.6 is 0 Å². The first-order valence-electron chi connectivity index (χ1n) is 9.60. The normalized spacial score (nSPS) is 38.0. The molecule has 2 rings (SSSR count). The highest BCUT2D eigenvalue weighted by Gasteiger charge is 2.32. The van der Waals surface area contributed by atoms with Gasteiger partial charge in [-0.15, -0.1) is 0 Å². The van der Waals surface area contributed by atoms with Gasteiger partial charge in [0.1, 0.15) is 0 Å². The molecule has 1 saturated heterocycles. The Morgan fingerprint density at radius 1 is 1.13 bits per heavy atom. The van der Waals surface area contributed by atoms with Gasteiger partial charge in [0.05, 0.1) is 24.9 Å². The van der Waals surface area contributed by atoms with Crippen LogP contribution in [-0.4, -0.2) is 55.5 Å². The van der Waals surface area contributed by atoms with Crippen molar-refractivity contribution in [1.82, 2.24) is 4.90 Å². The molecule has 23 heavy (non-hydrogen) atoms. The summed E-state index contributed by atoms with van der Waals surface area (Å²) < 4.78 is 12.1. The van der Waals surface area contributed by atoms with Crippen molar-refractivity contribution >= 4 is 0 Å². The zero-order valence-corrected chi connectivity index (χ0v) is 15.8. The Balaban J connectivity index is 1.77. The molecule has 1 aliphatic carbocycles. The highest BCUT2D eigenvalue weighted by atomic mass is 16.5. The van der Waals surface area contributed by atoms with Crippen molar-refractivity contribution in [2.75, 3.05) is 26.2 Å². The molecule has 6 atom stereocenters. The molecule has 0 radical (unpaired) electrons. The second kappa shape index (κ2) is 8.80. The first kappa shape index (κ1) is 19.2. The third-order valence-electron chi connectivity index (χ3n) is 5.47. The molecule has 4 nitrogen and oxygen atoms in total. The Morgan fingerprint density at radius 3 is 2.39 bits per heavy atom. The lowest BCUT2D eigenvalue weighted by Crippen LogP contribution is -2.51. The Hall–Kier alpha value is -0.160. The monoisotopic (exact) mass is 326 g/mol. The van der Waals surface area contributed by atoms with Crippen LogP contribution in [0.15, 0.2) is 0 Å². The molecule has 0 aromatic rings. The summed E-state index contributed by atoms with van der Waals surface area (Å²) in [4.78, 5) is 2.43. The molecule has 0 bridgehead atoms. The average Bonchev–Trinajstić information content (AvgIpc) is 2.43. The molecule has 1 heterocycles. The predicted molar refractivity (Wildman–Crippen MR) is 95.5 cm³/mol. The van der Waals surface area contributed by atoms with Crippen LogP contribution in [0, 0.1) is 17.8 Å². The fourth-order valence-electron chi connectivity index (χ4n) is 4.37. The third-order valence-corrected chi connectivity index (χ3v) is 5.47. The van der Waals surface area contributed by atoms with E-state index in [0.29, 0.717) is 36.8 Å². The predicted octanol–water partition coefficient (Wildman–Crippen LogP) is 2.90. The number of morpholine rings is 1. The summed E-state index contributed by atoms with van der Waals surface area (Å²) in [5, 5.41) is 0. The number of nitrogens with zero attached hydrogens (tertiary/aromatic N) is 1. The summed E-state index contributed by atoms with van der Waals surface area (Å²) in [6.07, 6.45) is 4.84. The minimum Gasteiger partial charge on any atom is -0.376 e. The smallest absolute Gasteiger partial charge is 0.0678 e. The van der Waals surface area contributed by atoms with Crippen molar-refractivity contribution in [1.29, 1.82) is 0 Å². The van der Waals surface area contributed by atoms with E-state index in [0.717, 1.165) is 25.6 Å². The van der Waals surface area contributed by atoms with Gasteiger partial charge in [0.25, 0.3) is 0 Å². The van der Waals surface area contributed by atoms with E-state index in [4.69, 9.17) is 15.2 Å². The Morgan fingerprint density at radius 2 is 1.78 bits per heavy atom. The largest absolute Gasteiger partial charge is 0.376 e. The Kier molecular flexibility index (Phi) is 7.33. The molecule has 1 saturated carbocycles. The minimum absolute atomic E-state index is 0.0949. The van der Waals surface area contributed by atoms with Crippen LogP contribution in [-0.2, 0) is 9.47 Å². The number of hydrogen-bond donors (Lipinski definition) is 1. The third kappa shape index (κ3) is 6.00. The molecular weight excluding hydrogens is 288 g/mol. The van der Waals surface area contributed by atoms with Crippen LogP contribution in [0.1, 0.15) is 53.9 Å². The van der Waals surface area contributed by atoms with E-state index >= 15 is 0 Å². The van der Waals surface area contributed by atoms with Gasteiger partial charge < -0.3 is 15.2 Å². The maximum atomic E-state index is 6.36. The zero-order valence-electron chi connectivity index (χ0n) is 15.8. The van der Waals surface area contributed by atoms with Crippen LogP contribution < -0.4 is 5.73 Å². The van der Waals surface area contributed by atoms with E-state index in [1.54, 1.807) is 0 Å². The standard InChI is InChI=1S/C19H38N2O2/c1-13(2)18-7-6-14(3)8-19(18)22-12-17(20)11-21-9-15(4)23-16(5)10-21/h13-19H,6-12,20H2,1-5H3. The summed E-state index contributed by atoms with van der Waals surface area (Å²) in [6.45, 7) is 14.8. The fraction of sp³-hybridized carbons (Fsp3) is 1.00. The maximum Gasteiger partial charge on any atom is 0.0678 e. The number of hydrogen-bond acceptors (Lipinski definition) is 4. The van der Waals surface area contributed by atoms with E-state index in [1.165, 1.54) is 19.3 Å². The molecule has 1 aliphatic heterocycles. The lowest BCUT2D eigenvalue weighted by Gasteiger charge is -2.39. The molecule has 0 amide bonds. The zero-order chi connectivity index (χ0) is 17.0. The topological polar surface area (TPSA) is 47.7 Å². The lowest BCUT2D eigenvalue weighted by molar-refractivity contribution is -0.0766. The molecule has 0 aromatic carbocycles. The van der Waals surface area contributed by atoms with Gasteiger partial charge in [0.2, 0.25) is 0 Å². The highest BCUT2D eigenvalue weighted by molar-refractivity contribution is 4.82. The van der Waals surface area contributed by atoms with Gasteiger partial charge in [0.15, 0.2) is 0 Å². The number of rotatable bonds is 6. The van der Waals surface area contributed by atoms with Gasteiger partial charge in [-0.05, 0) is 44.4 Å². The number of nitrogens with two attached hydrogens (primary N) is 1. The first-order valence-corrected chi connectivity index (χ1v) is 9.60. The summed E-state index contributed by atoms with van der Waals surface area (Å²) >= 11 is 0. The van der Waals surface area contributed by atoms with E-state index < -0.39 is 0 Å². The molecule has 0 aromatic heterocycles. The summed E-state index contributed by atoms with van der Waals surface area (Å²) in [7, 11) is 0. The molecular formula is C19H38N2O2. The van der Waals surface area contributed by atoms with E-state index in [2.05, 4.69) is 39.5 Å². The highest BCUT2D eigenvalue weighted by Crippen LogP contribution is 2.35. The van der Waals surface area contributed by atoms with Crippen LogP contribution in [0.4, 0.5) is 0 Å². The molecule has 4 heteroatoms. The Bertz CT molecular complexity index is 340. The summed E-state index contributed by atoms with van der Waals surface area (Å²) in [5.41, 5.74) is 6.36. The maximum absolute atomic E-state index is 6.36. The van der Waals surface area contributed by atoms with Crippen molar-refractivity contribution in [2.45, 2.75) is 78.2 Å².